The van der Waals surface area contributed by atoms with Crippen molar-refractivity contribution in [3.8, 4) is 0 Å². The van der Waals surface area contributed by atoms with Gasteiger partial charge in [-0.2, -0.15) is 0 Å². The fourth-order valence-electron chi connectivity index (χ4n) is 6.19. The molecule has 2 aliphatic carbocycles. The Balaban J connectivity index is 1.56. The summed E-state index contributed by atoms with van der Waals surface area (Å²) in [5.41, 5.74) is 8.85. The molecule has 6 atom stereocenters. The summed E-state index contributed by atoms with van der Waals surface area (Å²) < 4.78 is 5.35. The molecule has 0 saturated heterocycles. The van der Waals surface area contributed by atoms with Crippen LogP contribution in [0.4, 0.5) is 0 Å². The standard InChI is InChI=1S/C31H39N3O9S/c1-2-11-31(44-16-22(26(36)34-27(37)29(40)41)33-23(35)9-8-21(32)28(38)39)12-10-19-14-18(13-17-6-4-3-5-7-17)15-20-24(19)25(31)43-30(20)42/h3-7,15,19-22,27,37H,2,8-14,16,32H2,1H3,(H,33,35)(H,34,36)(H,38,39)(H,40,41)/t19-,20+,21+,22+,27+,31-/m1/s1. The second kappa shape index (κ2) is 14.4. The van der Waals surface area contributed by atoms with Crippen molar-refractivity contribution < 1.29 is 44.0 Å². The van der Waals surface area contributed by atoms with Gasteiger partial charge in [0.05, 0.1) is 4.75 Å². The first-order valence-corrected chi connectivity index (χ1v) is 15.7. The van der Waals surface area contributed by atoms with Crippen molar-refractivity contribution in [3.05, 3.63) is 58.9 Å². The van der Waals surface area contributed by atoms with E-state index in [1.54, 1.807) is 0 Å². The van der Waals surface area contributed by atoms with E-state index in [1.165, 1.54) is 22.9 Å². The molecule has 3 aliphatic rings. The van der Waals surface area contributed by atoms with E-state index in [0.717, 1.165) is 31.3 Å². The first-order chi connectivity index (χ1) is 20.9. The van der Waals surface area contributed by atoms with Gasteiger partial charge in [-0.1, -0.05) is 55.3 Å². The molecule has 12 nitrogen and oxygen atoms in total. The smallest absolute Gasteiger partial charge is 0.353 e. The molecule has 4 rings (SSSR count). The van der Waals surface area contributed by atoms with Crippen molar-refractivity contribution in [2.75, 3.05) is 5.75 Å². The van der Waals surface area contributed by atoms with E-state index in [0.29, 0.717) is 18.6 Å². The lowest BCUT2D eigenvalue weighted by molar-refractivity contribution is -0.151. The summed E-state index contributed by atoms with van der Waals surface area (Å²) >= 11 is 1.35. The van der Waals surface area contributed by atoms with Gasteiger partial charge in [-0.25, -0.2) is 4.79 Å². The lowest BCUT2D eigenvalue weighted by Crippen LogP contribution is -2.53. The number of aliphatic hydroxyl groups excluding tert-OH is 1. The Bertz CT molecular complexity index is 1350. The van der Waals surface area contributed by atoms with E-state index >= 15 is 0 Å². The molecule has 0 fully saturated rings. The average Bonchev–Trinajstić information content (AvgIpc) is 3.33. The predicted molar refractivity (Wildman–Crippen MR) is 161 cm³/mol. The van der Waals surface area contributed by atoms with Crippen LogP contribution in [0.5, 0.6) is 0 Å². The van der Waals surface area contributed by atoms with Crippen molar-refractivity contribution in [1.29, 1.82) is 0 Å². The van der Waals surface area contributed by atoms with Gasteiger partial charge in [-0.15, -0.1) is 11.8 Å². The van der Waals surface area contributed by atoms with Crippen LogP contribution in [0, 0.1) is 11.8 Å². The second-order valence-electron chi connectivity index (χ2n) is 11.5. The number of nitrogens with one attached hydrogen (secondary N) is 2. The Kier molecular flexibility index (Phi) is 10.9. The molecule has 0 bridgehead atoms. The summed E-state index contributed by atoms with van der Waals surface area (Å²) in [6, 6.07) is 7.55. The highest BCUT2D eigenvalue weighted by Crippen LogP contribution is 2.56. The zero-order valence-corrected chi connectivity index (χ0v) is 25.3. The quantitative estimate of drug-likeness (QED) is 0.0938. The molecule has 238 valence electrons. The van der Waals surface area contributed by atoms with Crippen LogP contribution in [0.2, 0.25) is 0 Å². The van der Waals surface area contributed by atoms with Crippen LogP contribution in [-0.2, 0) is 35.1 Å². The number of carbonyl (C=O) groups is 5. The summed E-state index contributed by atoms with van der Waals surface area (Å²) in [4.78, 5) is 61.1. The Morgan fingerprint density at radius 2 is 1.86 bits per heavy atom. The monoisotopic (exact) mass is 629 g/mol. The van der Waals surface area contributed by atoms with Crippen LogP contribution in [0.15, 0.2) is 53.3 Å². The van der Waals surface area contributed by atoms with Crippen LogP contribution in [0.3, 0.4) is 0 Å². The molecule has 0 spiro atoms. The summed E-state index contributed by atoms with van der Waals surface area (Å²) in [5.74, 6) is -4.56. The molecule has 44 heavy (non-hydrogen) atoms. The van der Waals surface area contributed by atoms with E-state index in [1.807, 2.05) is 36.5 Å². The molecule has 1 heterocycles. The molecular formula is C31H39N3O9S. The number of allylic oxidation sites excluding steroid dienone is 1. The third kappa shape index (κ3) is 7.69. The first-order valence-electron chi connectivity index (χ1n) is 14.8. The number of ether oxygens (including phenoxy) is 1. The van der Waals surface area contributed by atoms with Gasteiger partial charge in [-0.3, -0.25) is 19.2 Å². The summed E-state index contributed by atoms with van der Waals surface area (Å²) in [6.45, 7) is 2.01. The van der Waals surface area contributed by atoms with Gasteiger partial charge in [0.15, 0.2) is 0 Å². The number of aliphatic hydroxyl groups is 1. The largest absolute Gasteiger partial charge is 0.480 e. The van der Waals surface area contributed by atoms with Crippen LogP contribution in [0.25, 0.3) is 0 Å². The molecule has 0 saturated carbocycles. The highest BCUT2D eigenvalue weighted by Gasteiger charge is 2.52. The van der Waals surface area contributed by atoms with E-state index in [-0.39, 0.29) is 30.5 Å². The van der Waals surface area contributed by atoms with Crippen molar-refractivity contribution in [1.82, 2.24) is 10.6 Å². The number of carboxylic acids is 2. The minimum atomic E-state index is -2.19. The number of esters is 1. The predicted octanol–water partition coefficient (Wildman–Crippen LogP) is 1.86. The van der Waals surface area contributed by atoms with Crippen LogP contribution >= 0.6 is 11.8 Å². The van der Waals surface area contributed by atoms with Gasteiger partial charge >= 0.3 is 17.9 Å². The second-order valence-corrected chi connectivity index (χ2v) is 12.9. The maximum atomic E-state index is 13.2. The number of thioether (sulfide) groups is 1. The maximum absolute atomic E-state index is 13.2. The van der Waals surface area contributed by atoms with E-state index in [4.69, 9.17) is 20.7 Å². The van der Waals surface area contributed by atoms with Gasteiger partial charge in [0.1, 0.15) is 23.8 Å². The topological polar surface area (TPSA) is 205 Å². The summed E-state index contributed by atoms with van der Waals surface area (Å²) in [6.07, 6.45) is 3.82. The molecule has 2 amide bonds. The Labute approximate surface area is 259 Å². The SMILES string of the molecule is CCC[C@@]1(SC[C@H](NC(=O)CC[C@H](N)C(=O)O)C(=O)N[C@@H](O)C(=O)O)CC[C@@H]2CC(Cc3ccccc3)=C[C@@H]3C(=O)OC1=C23. The number of carbonyl (C=O) groups excluding carboxylic acids is 3. The fourth-order valence-corrected chi connectivity index (χ4v) is 7.82. The third-order valence-electron chi connectivity index (χ3n) is 8.33. The summed E-state index contributed by atoms with van der Waals surface area (Å²) in [7, 11) is 0. The van der Waals surface area contributed by atoms with E-state index in [9.17, 15) is 29.1 Å². The molecule has 0 unspecified atom stereocenters. The number of hydrogen-bond donors (Lipinski definition) is 6. The fraction of sp³-hybridized carbons (Fsp3) is 0.516. The molecule has 1 aromatic rings. The molecule has 7 N–H and O–H groups in total. The highest BCUT2D eigenvalue weighted by atomic mass is 32.2. The van der Waals surface area contributed by atoms with Gasteiger partial charge in [-0.05, 0) is 55.6 Å². The third-order valence-corrected chi connectivity index (χ3v) is 9.98. The van der Waals surface area contributed by atoms with Crippen molar-refractivity contribution in [3.63, 3.8) is 0 Å². The molecule has 1 aromatic carbocycles. The number of nitrogens with two attached hydrogens (primary N) is 1. The molecule has 0 radical (unpaired) electrons. The number of hydrogen-bond acceptors (Lipinski definition) is 9. The van der Waals surface area contributed by atoms with Crippen LogP contribution in [-0.4, -0.2) is 73.9 Å². The number of benzene rings is 1. The number of carboxylic acid groups (broad SMARTS) is 2. The zero-order chi connectivity index (χ0) is 32.0. The van der Waals surface area contributed by atoms with E-state index in [2.05, 4.69) is 17.4 Å². The Morgan fingerprint density at radius 1 is 1.14 bits per heavy atom. The van der Waals surface area contributed by atoms with Gasteiger partial charge in [0.2, 0.25) is 18.0 Å². The van der Waals surface area contributed by atoms with Crippen molar-refractivity contribution >= 4 is 41.5 Å². The molecule has 1 aliphatic heterocycles. The number of amides is 2. The van der Waals surface area contributed by atoms with Gasteiger partial charge < -0.3 is 36.4 Å². The molecular weight excluding hydrogens is 590 g/mol. The Morgan fingerprint density at radius 3 is 2.52 bits per heavy atom. The lowest BCUT2D eigenvalue weighted by Gasteiger charge is -2.42. The average molecular weight is 630 g/mol. The Hall–Kier alpha value is -3.68. The number of aliphatic carboxylic acids is 2. The minimum absolute atomic E-state index is 0.0202. The maximum Gasteiger partial charge on any atom is 0.353 e. The zero-order valence-electron chi connectivity index (χ0n) is 24.5. The minimum Gasteiger partial charge on any atom is -0.480 e. The van der Waals surface area contributed by atoms with Gasteiger partial charge in [0, 0.05) is 12.2 Å². The van der Waals surface area contributed by atoms with Gasteiger partial charge in [0.25, 0.3) is 0 Å². The van der Waals surface area contributed by atoms with Crippen molar-refractivity contribution in [2.24, 2.45) is 17.6 Å². The normalized spacial score (nSPS) is 24.3. The van der Waals surface area contributed by atoms with Crippen molar-refractivity contribution in [2.45, 2.75) is 81.3 Å². The highest BCUT2D eigenvalue weighted by molar-refractivity contribution is 8.00. The molecule has 13 heteroatoms. The van der Waals surface area contributed by atoms with Crippen LogP contribution in [0.1, 0.15) is 57.4 Å². The lowest BCUT2D eigenvalue weighted by atomic mass is 9.69. The first kappa shape index (κ1) is 33.2. The number of rotatable bonds is 15. The molecule has 0 aromatic heterocycles. The summed E-state index contributed by atoms with van der Waals surface area (Å²) in [5, 5.41) is 32.3. The van der Waals surface area contributed by atoms with E-state index < -0.39 is 52.7 Å². The van der Waals surface area contributed by atoms with Crippen LogP contribution < -0.4 is 16.4 Å².